The molecule has 0 aromatic heterocycles. The second kappa shape index (κ2) is 3.99. The van der Waals surface area contributed by atoms with E-state index >= 15 is 0 Å². The van der Waals surface area contributed by atoms with Crippen molar-refractivity contribution in [3.8, 4) is 0 Å². The summed E-state index contributed by atoms with van der Waals surface area (Å²) in [7, 11) is 0. The normalized spacial score (nSPS) is 45.0. The molecule has 0 saturated heterocycles. The van der Waals surface area contributed by atoms with Crippen LogP contribution < -0.4 is 0 Å². The van der Waals surface area contributed by atoms with Crippen molar-refractivity contribution < 1.29 is 0 Å². The van der Waals surface area contributed by atoms with E-state index in [0.29, 0.717) is 5.25 Å². The molecule has 0 aromatic rings. The van der Waals surface area contributed by atoms with E-state index in [1.165, 1.54) is 19.3 Å². The average Bonchev–Trinajstić information content (AvgIpc) is 1.83. The van der Waals surface area contributed by atoms with Gasteiger partial charge in [0.15, 0.2) is 0 Å². The molecule has 1 aliphatic rings. The van der Waals surface area contributed by atoms with Crippen LogP contribution in [0, 0.1) is 0 Å². The van der Waals surface area contributed by atoms with Gasteiger partial charge in [-0.05, 0) is 12.8 Å². The van der Waals surface area contributed by atoms with Crippen LogP contribution in [0.15, 0.2) is 0 Å². The Morgan fingerprint density at radius 1 is 1.11 bits per heavy atom. The van der Waals surface area contributed by atoms with Gasteiger partial charge < -0.3 is 0 Å². The molecule has 0 amide bonds. The van der Waals surface area contributed by atoms with E-state index in [4.69, 9.17) is 0 Å². The summed E-state index contributed by atoms with van der Waals surface area (Å²) in [4.78, 5) is 0. The lowest BCUT2D eigenvalue weighted by atomic mass is 10.0. The van der Waals surface area contributed by atoms with E-state index in [1.54, 1.807) is 0 Å². The summed E-state index contributed by atoms with van der Waals surface area (Å²) >= 11 is 9.57. The first kappa shape index (κ1) is 8.90. The molecule has 1 saturated carbocycles. The maximum Gasteiger partial charge on any atom is 0.0253 e. The molecule has 3 heteroatoms. The Balaban J connectivity index is 2.41. The fraction of sp³-hybridized carbons (Fsp3) is 1.00. The Morgan fingerprint density at radius 3 is 1.89 bits per heavy atom. The topological polar surface area (TPSA) is 0 Å². The molecule has 0 N–H and O–H groups in total. The second-order valence-corrected chi connectivity index (χ2v) is 6.25. The van der Waals surface area contributed by atoms with Crippen LogP contribution in [-0.2, 0) is 0 Å². The Kier molecular flexibility index (Phi) is 3.95. The van der Waals surface area contributed by atoms with E-state index in [9.17, 15) is 0 Å². The van der Waals surface area contributed by atoms with Gasteiger partial charge in [0.2, 0.25) is 0 Å². The van der Waals surface area contributed by atoms with Crippen molar-refractivity contribution in [1.29, 1.82) is 0 Å². The van der Waals surface area contributed by atoms with Crippen LogP contribution in [0.1, 0.15) is 19.3 Å². The molecule has 0 nitrogen and oxygen atoms in total. The summed E-state index contributed by atoms with van der Waals surface area (Å²) in [5, 5.41) is 0.639. The molecule has 0 aliphatic heterocycles. The first-order valence-electron chi connectivity index (χ1n) is 3.18. The standard InChI is InChI=1S/C6H10I2S/c7-4-2-1-3-5(8)6(4)9/h4-6,9H,1-3H2. The summed E-state index contributed by atoms with van der Waals surface area (Å²) in [6.07, 6.45) is 4.14. The lowest BCUT2D eigenvalue weighted by Gasteiger charge is -2.27. The smallest absolute Gasteiger partial charge is 0.0253 e. The summed E-state index contributed by atoms with van der Waals surface area (Å²) in [5.74, 6) is 0. The van der Waals surface area contributed by atoms with Crippen LogP contribution >= 0.6 is 57.8 Å². The van der Waals surface area contributed by atoms with Gasteiger partial charge >= 0.3 is 0 Å². The monoisotopic (exact) mass is 368 g/mol. The van der Waals surface area contributed by atoms with E-state index in [2.05, 4.69) is 57.8 Å². The van der Waals surface area contributed by atoms with E-state index in [-0.39, 0.29) is 0 Å². The Bertz CT molecular complexity index is 87.1. The fourth-order valence-electron chi connectivity index (χ4n) is 1.08. The van der Waals surface area contributed by atoms with Gasteiger partial charge in [0.1, 0.15) is 0 Å². The van der Waals surface area contributed by atoms with Crippen LogP contribution in [0.25, 0.3) is 0 Å². The Morgan fingerprint density at radius 2 is 1.56 bits per heavy atom. The lowest BCUT2D eigenvalue weighted by Crippen LogP contribution is -2.29. The summed E-state index contributed by atoms with van der Waals surface area (Å²) < 4.78 is 1.61. The number of thiol groups is 1. The fourth-order valence-corrected chi connectivity index (χ4v) is 4.05. The van der Waals surface area contributed by atoms with Gasteiger partial charge in [-0.25, -0.2) is 0 Å². The van der Waals surface area contributed by atoms with Crippen molar-refractivity contribution in [2.24, 2.45) is 0 Å². The van der Waals surface area contributed by atoms with Gasteiger partial charge in [-0.15, -0.1) is 0 Å². The van der Waals surface area contributed by atoms with Crippen LogP contribution in [-0.4, -0.2) is 13.1 Å². The molecule has 1 fully saturated rings. The van der Waals surface area contributed by atoms with Gasteiger partial charge in [0.25, 0.3) is 0 Å². The van der Waals surface area contributed by atoms with Gasteiger partial charge in [-0.2, -0.15) is 12.6 Å². The third-order valence-corrected chi connectivity index (χ3v) is 6.35. The van der Waals surface area contributed by atoms with Crippen molar-refractivity contribution in [3.63, 3.8) is 0 Å². The third kappa shape index (κ3) is 2.39. The molecular formula is C6H10I2S. The minimum atomic E-state index is 0.639. The van der Waals surface area contributed by atoms with Crippen LogP contribution in [0.3, 0.4) is 0 Å². The predicted molar refractivity (Wildman–Crippen MR) is 62.2 cm³/mol. The molecule has 54 valence electrons. The predicted octanol–water partition coefficient (Wildman–Crippen LogP) is 3.08. The molecule has 0 heterocycles. The lowest BCUT2D eigenvalue weighted by molar-refractivity contribution is 0.566. The zero-order chi connectivity index (χ0) is 6.85. The van der Waals surface area contributed by atoms with Crippen LogP contribution in [0.2, 0.25) is 0 Å². The molecule has 2 atom stereocenters. The van der Waals surface area contributed by atoms with E-state index in [0.717, 1.165) is 7.85 Å². The highest BCUT2D eigenvalue weighted by molar-refractivity contribution is 14.1. The van der Waals surface area contributed by atoms with E-state index in [1.807, 2.05) is 0 Å². The number of halogens is 2. The van der Waals surface area contributed by atoms with Gasteiger partial charge in [0.05, 0.1) is 0 Å². The quantitative estimate of drug-likeness (QED) is 0.379. The Hall–Kier alpha value is 1.81. The summed E-state index contributed by atoms with van der Waals surface area (Å²) in [5.41, 5.74) is 0. The molecule has 0 radical (unpaired) electrons. The highest BCUT2D eigenvalue weighted by Crippen LogP contribution is 2.33. The van der Waals surface area contributed by atoms with Crippen LogP contribution in [0.5, 0.6) is 0 Å². The van der Waals surface area contributed by atoms with Gasteiger partial charge in [-0.1, -0.05) is 51.6 Å². The molecule has 0 aromatic carbocycles. The first-order valence-corrected chi connectivity index (χ1v) is 6.19. The summed E-state index contributed by atoms with van der Waals surface area (Å²) in [6, 6.07) is 0. The average molecular weight is 368 g/mol. The third-order valence-electron chi connectivity index (χ3n) is 1.70. The maximum absolute atomic E-state index is 4.54. The second-order valence-electron chi connectivity index (χ2n) is 2.45. The minimum Gasteiger partial charge on any atom is -0.174 e. The van der Waals surface area contributed by atoms with Gasteiger partial charge in [-0.3, -0.25) is 0 Å². The number of rotatable bonds is 0. The largest absolute Gasteiger partial charge is 0.174 e. The highest BCUT2D eigenvalue weighted by Gasteiger charge is 2.26. The van der Waals surface area contributed by atoms with Crippen LogP contribution in [0.4, 0.5) is 0 Å². The zero-order valence-corrected chi connectivity index (χ0v) is 10.3. The molecule has 1 rings (SSSR count). The Labute approximate surface area is 89.2 Å². The molecule has 9 heavy (non-hydrogen) atoms. The van der Waals surface area contributed by atoms with Crippen molar-refractivity contribution in [3.05, 3.63) is 0 Å². The molecule has 0 bridgehead atoms. The van der Waals surface area contributed by atoms with Crippen molar-refractivity contribution >= 4 is 57.8 Å². The van der Waals surface area contributed by atoms with E-state index < -0.39 is 0 Å². The number of hydrogen-bond acceptors (Lipinski definition) is 1. The van der Waals surface area contributed by atoms with Crippen molar-refractivity contribution in [2.45, 2.75) is 32.4 Å². The SMILES string of the molecule is SC1C(I)CCCC1I. The molecule has 1 aliphatic carbocycles. The number of alkyl halides is 2. The maximum atomic E-state index is 4.54. The highest BCUT2D eigenvalue weighted by atomic mass is 127. The summed E-state index contributed by atoms with van der Waals surface area (Å²) in [6.45, 7) is 0. The first-order chi connectivity index (χ1) is 4.22. The number of hydrogen-bond donors (Lipinski definition) is 1. The molecule has 0 spiro atoms. The molecule has 2 unspecified atom stereocenters. The molecular weight excluding hydrogens is 358 g/mol. The zero-order valence-electron chi connectivity index (χ0n) is 5.06. The van der Waals surface area contributed by atoms with Crippen molar-refractivity contribution in [1.82, 2.24) is 0 Å². The van der Waals surface area contributed by atoms with Crippen molar-refractivity contribution in [2.75, 3.05) is 0 Å². The van der Waals surface area contributed by atoms with Gasteiger partial charge in [0, 0.05) is 13.1 Å². The minimum absolute atomic E-state index is 0.639.